The number of aryl methyl sites for hydroxylation is 2. The second-order valence-electron chi connectivity index (χ2n) is 4.90. The average molecular weight is 289 g/mol. The summed E-state index contributed by atoms with van der Waals surface area (Å²) in [5, 5.41) is 3.86. The Hall–Kier alpha value is -2.37. The van der Waals surface area contributed by atoms with Gasteiger partial charge in [-0.15, -0.1) is 0 Å². The second kappa shape index (κ2) is 6.39. The number of aromatic nitrogens is 2. The number of rotatable bonds is 5. The summed E-state index contributed by atoms with van der Waals surface area (Å²) in [6.45, 7) is 4.09. The lowest BCUT2D eigenvalue weighted by atomic mass is 10.1. The van der Waals surface area contributed by atoms with E-state index in [0.29, 0.717) is 18.2 Å². The average Bonchev–Trinajstić information content (AvgIpc) is 2.79. The summed E-state index contributed by atoms with van der Waals surface area (Å²) in [7, 11) is 3.32. The first-order valence-corrected chi connectivity index (χ1v) is 6.66. The van der Waals surface area contributed by atoms with Gasteiger partial charge >= 0.3 is 0 Å². The van der Waals surface area contributed by atoms with Crippen molar-refractivity contribution in [2.24, 2.45) is 0 Å². The zero-order valence-corrected chi connectivity index (χ0v) is 12.7. The first-order valence-electron chi connectivity index (χ1n) is 6.66. The van der Waals surface area contributed by atoms with Crippen molar-refractivity contribution in [3.63, 3.8) is 0 Å². The summed E-state index contributed by atoms with van der Waals surface area (Å²) in [4.78, 5) is 18.1. The SMILES string of the molecule is COc1ncccc1CN(C)C(=O)Cc1c(C)noc1C. The van der Waals surface area contributed by atoms with Crippen molar-refractivity contribution in [2.45, 2.75) is 26.8 Å². The molecule has 0 atom stereocenters. The van der Waals surface area contributed by atoms with Crippen LogP contribution < -0.4 is 4.74 Å². The van der Waals surface area contributed by atoms with Crippen LogP contribution in [0.4, 0.5) is 0 Å². The normalized spacial score (nSPS) is 10.5. The summed E-state index contributed by atoms with van der Waals surface area (Å²) in [6, 6.07) is 3.72. The van der Waals surface area contributed by atoms with Crippen molar-refractivity contribution in [3.05, 3.63) is 40.9 Å². The molecular formula is C15H19N3O3. The predicted molar refractivity (Wildman–Crippen MR) is 76.9 cm³/mol. The minimum absolute atomic E-state index is 0.00435. The molecule has 2 rings (SSSR count). The van der Waals surface area contributed by atoms with Crippen LogP contribution in [-0.2, 0) is 17.8 Å². The molecule has 0 N–H and O–H groups in total. The van der Waals surface area contributed by atoms with Crippen molar-refractivity contribution in [2.75, 3.05) is 14.2 Å². The van der Waals surface area contributed by atoms with Crippen LogP contribution >= 0.6 is 0 Å². The fourth-order valence-corrected chi connectivity index (χ4v) is 2.11. The zero-order chi connectivity index (χ0) is 15.4. The number of ether oxygens (including phenoxy) is 1. The highest BCUT2D eigenvalue weighted by molar-refractivity contribution is 5.79. The van der Waals surface area contributed by atoms with Crippen LogP contribution in [0, 0.1) is 13.8 Å². The van der Waals surface area contributed by atoms with Gasteiger partial charge in [0.1, 0.15) is 5.76 Å². The van der Waals surface area contributed by atoms with Crippen LogP contribution in [0.5, 0.6) is 5.88 Å². The molecule has 2 aromatic heterocycles. The molecule has 0 aliphatic heterocycles. The molecular weight excluding hydrogens is 270 g/mol. The maximum absolute atomic E-state index is 12.3. The van der Waals surface area contributed by atoms with Gasteiger partial charge in [-0.05, 0) is 19.9 Å². The van der Waals surface area contributed by atoms with Crippen LogP contribution in [0.3, 0.4) is 0 Å². The van der Waals surface area contributed by atoms with E-state index in [1.165, 1.54) is 0 Å². The van der Waals surface area contributed by atoms with E-state index >= 15 is 0 Å². The molecule has 0 aromatic carbocycles. The molecule has 0 aliphatic carbocycles. The Kier molecular flexibility index (Phi) is 4.57. The Morgan fingerprint density at radius 1 is 1.43 bits per heavy atom. The quantitative estimate of drug-likeness (QED) is 0.841. The largest absolute Gasteiger partial charge is 0.481 e. The molecule has 112 valence electrons. The number of likely N-dealkylation sites (N-methyl/N-ethyl adjacent to an activating group) is 1. The van der Waals surface area contributed by atoms with Gasteiger partial charge in [0.2, 0.25) is 11.8 Å². The number of carbonyl (C=O) groups excluding carboxylic acids is 1. The molecule has 0 fully saturated rings. The van der Waals surface area contributed by atoms with E-state index in [2.05, 4.69) is 10.1 Å². The van der Waals surface area contributed by atoms with Crippen LogP contribution in [0.15, 0.2) is 22.9 Å². The minimum atomic E-state index is -0.00435. The molecule has 0 spiro atoms. The number of amides is 1. The highest BCUT2D eigenvalue weighted by Crippen LogP contribution is 2.17. The number of pyridine rings is 1. The predicted octanol–water partition coefficient (Wildman–Crippen LogP) is 1.90. The van der Waals surface area contributed by atoms with Gasteiger partial charge in [-0.2, -0.15) is 0 Å². The van der Waals surface area contributed by atoms with Crippen LogP contribution in [-0.4, -0.2) is 35.1 Å². The van der Waals surface area contributed by atoms with E-state index < -0.39 is 0 Å². The Bertz CT molecular complexity index is 617. The number of hydrogen-bond acceptors (Lipinski definition) is 5. The number of methoxy groups -OCH3 is 1. The van der Waals surface area contributed by atoms with E-state index in [-0.39, 0.29) is 12.3 Å². The maximum atomic E-state index is 12.3. The maximum Gasteiger partial charge on any atom is 0.227 e. The van der Waals surface area contributed by atoms with Crippen molar-refractivity contribution in [3.8, 4) is 5.88 Å². The van der Waals surface area contributed by atoms with E-state index in [4.69, 9.17) is 9.26 Å². The van der Waals surface area contributed by atoms with Gasteiger partial charge in [-0.25, -0.2) is 4.98 Å². The highest BCUT2D eigenvalue weighted by Gasteiger charge is 2.17. The number of nitrogens with zero attached hydrogens (tertiary/aromatic N) is 3. The van der Waals surface area contributed by atoms with Gasteiger partial charge in [0, 0.05) is 24.4 Å². The first kappa shape index (κ1) is 15.0. The fourth-order valence-electron chi connectivity index (χ4n) is 2.11. The smallest absolute Gasteiger partial charge is 0.227 e. The monoisotopic (exact) mass is 289 g/mol. The molecule has 6 heteroatoms. The first-order chi connectivity index (χ1) is 10.0. The second-order valence-corrected chi connectivity index (χ2v) is 4.90. The topological polar surface area (TPSA) is 68.5 Å². The summed E-state index contributed by atoms with van der Waals surface area (Å²) in [6.07, 6.45) is 1.94. The van der Waals surface area contributed by atoms with E-state index in [9.17, 15) is 4.79 Å². The standard InChI is InChI=1S/C15H19N3O3/c1-10-13(11(2)21-17-10)8-14(19)18(3)9-12-6-5-7-16-15(12)20-4/h5-7H,8-9H2,1-4H3. The Morgan fingerprint density at radius 2 is 2.19 bits per heavy atom. The third-order valence-corrected chi connectivity index (χ3v) is 3.39. The van der Waals surface area contributed by atoms with E-state index in [1.54, 1.807) is 25.3 Å². The minimum Gasteiger partial charge on any atom is -0.481 e. The van der Waals surface area contributed by atoms with Crippen molar-refractivity contribution < 1.29 is 14.1 Å². The van der Waals surface area contributed by atoms with Crippen LogP contribution in [0.2, 0.25) is 0 Å². The van der Waals surface area contributed by atoms with Gasteiger partial charge in [0.05, 0.1) is 25.8 Å². The Morgan fingerprint density at radius 3 is 2.81 bits per heavy atom. The fraction of sp³-hybridized carbons (Fsp3) is 0.400. The van der Waals surface area contributed by atoms with Crippen molar-refractivity contribution in [1.29, 1.82) is 0 Å². The molecule has 1 amide bonds. The molecule has 0 aliphatic rings. The van der Waals surface area contributed by atoms with Crippen LogP contribution in [0.1, 0.15) is 22.6 Å². The Balaban J connectivity index is 2.06. The van der Waals surface area contributed by atoms with Gasteiger partial charge in [-0.3, -0.25) is 4.79 Å². The lowest BCUT2D eigenvalue weighted by Gasteiger charge is -2.18. The van der Waals surface area contributed by atoms with E-state index in [0.717, 1.165) is 16.8 Å². The summed E-state index contributed by atoms with van der Waals surface area (Å²) in [5.41, 5.74) is 2.48. The lowest BCUT2D eigenvalue weighted by Crippen LogP contribution is -2.28. The molecule has 0 unspecified atom stereocenters. The molecule has 2 aromatic rings. The van der Waals surface area contributed by atoms with Gasteiger partial charge < -0.3 is 14.2 Å². The third-order valence-electron chi connectivity index (χ3n) is 3.39. The number of carbonyl (C=O) groups is 1. The molecule has 0 saturated carbocycles. The summed E-state index contributed by atoms with van der Waals surface area (Å²) >= 11 is 0. The van der Waals surface area contributed by atoms with E-state index in [1.807, 2.05) is 26.0 Å². The van der Waals surface area contributed by atoms with Crippen LogP contribution in [0.25, 0.3) is 0 Å². The Labute approximate surface area is 123 Å². The number of hydrogen-bond donors (Lipinski definition) is 0. The zero-order valence-electron chi connectivity index (χ0n) is 12.7. The summed E-state index contributed by atoms with van der Waals surface area (Å²) < 4.78 is 10.3. The van der Waals surface area contributed by atoms with Gasteiger partial charge in [-0.1, -0.05) is 11.2 Å². The van der Waals surface area contributed by atoms with Crippen molar-refractivity contribution >= 4 is 5.91 Å². The third kappa shape index (κ3) is 3.39. The van der Waals surface area contributed by atoms with Crippen molar-refractivity contribution in [1.82, 2.24) is 15.0 Å². The highest BCUT2D eigenvalue weighted by atomic mass is 16.5. The molecule has 2 heterocycles. The molecule has 0 bridgehead atoms. The summed E-state index contributed by atoms with van der Waals surface area (Å²) in [5.74, 6) is 1.22. The lowest BCUT2D eigenvalue weighted by molar-refractivity contribution is -0.129. The molecule has 6 nitrogen and oxygen atoms in total. The molecule has 0 radical (unpaired) electrons. The molecule has 21 heavy (non-hydrogen) atoms. The van der Waals surface area contributed by atoms with Gasteiger partial charge in [0.15, 0.2) is 0 Å². The van der Waals surface area contributed by atoms with Gasteiger partial charge in [0.25, 0.3) is 0 Å². The molecule has 0 saturated heterocycles.